The Labute approximate surface area is 75.4 Å². The second-order valence-corrected chi connectivity index (χ2v) is 2.12. The van der Waals surface area contributed by atoms with Crippen molar-refractivity contribution >= 4 is 0 Å². The van der Waals surface area contributed by atoms with E-state index in [4.69, 9.17) is 15.2 Å². The van der Waals surface area contributed by atoms with Crippen LogP contribution in [0.4, 0.5) is 0 Å². The fourth-order valence-electron chi connectivity index (χ4n) is 0.580. The Hall–Kier alpha value is -0.160. The van der Waals surface area contributed by atoms with Gasteiger partial charge >= 0.3 is 0 Å². The summed E-state index contributed by atoms with van der Waals surface area (Å²) in [5.74, 6) is 0. The molecule has 0 heterocycles. The number of hydrogen-bond donors (Lipinski definition) is 2. The molecule has 0 fully saturated rings. The van der Waals surface area contributed by atoms with Crippen molar-refractivity contribution in [1.29, 1.82) is 0 Å². The minimum atomic E-state index is 0. The first-order chi connectivity index (χ1) is 5.41. The molecule has 0 saturated carbocycles. The Bertz CT molecular complexity index is 64.1. The predicted molar refractivity (Wildman–Crippen MR) is 51.4 cm³/mol. The van der Waals surface area contributed by atoms with Crippen LogP contribution in [0.1, 0.15) is 7.43 Å². The van der Waals surface area contributed by atoms with Crippen molar-refractivity contribution in [2.75, 3.05) is 46.6 Å². The van der Waals surface area contributed by atoms with E-state index in [0.29, 0.717) is 26.4 Å². The topological polar surface area (TPSA) is 56.5 Å². The summed E-state index contributed by atoms with van der Waals surface area (Å²) in [6.07, 6.45) is 0. The summed E-state index contributed by atoms with van der Waals surface area (Å²) in [6.45, 7) is 4.12. The molecule has 0 aromatic carbocycles. The molecule has 0 amide bonds. The fraction of sp³-hybridized carbons (Fsp3) is 1.00. The van der Waals surface area contributed by atoms with Crippen LogP contribution in [0.2, 0.25) is 0 Å². The van der Waals surface area contributed by atoms with E-state index in [0.717, 1.165) is 13.2 Å². The molecule has 3 N–H and O–H groups in total. The third-order valence-corrected chi connectivity index (χ3v) is 1.13. The highest BCUT2D eigenvalue weighted by molar-refractivity contribution is 4.36. The molecule has 0 aliphatic carbocycles. The minimum Gasteiger partial charge on any atom is -0.378 e. The SMILES string of the molecule is C.CNCCOCCOCCN. The Morgan fingerprint density at radius 3 is 2.17 bits per heavy atom. The van der Waals surface area contributed by atoms with E-state index in [1.165, 1.54) is 0 Å². The summed E-state index contributed by atoms with van der Waals surface area (Å²) in [6, 6.07) is 0. The molecule has 0 aliphatic rings. The van der Waals surface area contributed by atoms with Crippen molar-refractivity contribution < 1.29 is 9.47 Å². The zero-order valence-electron chi connectivity index (χ0n) is 7.14. The molecule has 0 unspecified atom stereocenters. The largest absolute Gasteiger partial charge is 0.378 e. The van der Waals surface area contributed by atoms with Crippen molar-refractivity contribution in [2.24, 2.45) is 5.73 Å². The maximum Gasteiger partial charge on any atom is 0.0701 e. The zero-order chi connectivity index (χ0) is 8.36. The fourth-order valence-corrected chi connectivity index (χ4v) is 0.580. The molecule has 0 aromatic heterocycles. The molecule has 0 aromatic rings. The van der Waals surface area contributed by atoms with Gasteiger partial charge < -0.3 is 20.5 Å². The maximum absolute atomic E-state index is 5.22. The Kier molecular flexibility index (Phi) is 16.1. The van der Waals surface area contributed by atoms with Gasteiger partial charge in [-0.05, 0) is 7.05 Å². The average molecular weight is 178 g/mol. The second-order valence-electron chi connectivity index (χ2n) is 2.12. The summed E-state index contributed by atoms with van der Waals surface area (Å²) in [5.41, 5.74) is 5.22. The number of hydrogen-bond acceptors (Lipinski definition) is 4. The third kappa shape index (κ3) is 12.5. The van der Waals surface area contributed by atoms with Gasteiger partial charge in [-0.1, -0.05) is 7.43 Å². The number of nitrogens with two attached hydrogens (primary N) is 1. The van der Waals surface area contributed by atoms with Crippen LogP contribution in [-0.2, 0) is 9.47 Å². The molecule has 12 heavy (non-hydrogen) atoms. The van der Waals surface area contributed by atoms with Crippen LogP contribution in [0.3, 0.4) is 0 Å². The van der Waals surface area contributed by atoms with Crippen molar-refractivity contribution in [3.63, 3.8) is 0 Å². The molecule has 0 rings (SSSR count). The Balaban J connectivity index is 0. The lowest BCUT2D eigenvalue weighted by molar-refractivity contribution is 0.0523. The lowest BCUT2D eigenvalue weighted by Gasteiger charge is -2.03. The van der Waals surface area contributed by atoms with E-state index in [-0.39, 0.29) is 7.43 Å². The van der Waals surface area contributed by atoms with E-state index in [9.17, 15) is 0 Å². The Morgan fingerprint density at radius 2 is 1.67 bits per heavy atom. The van der Waals surface area contributed by atoms with E-state index < -0.39 is 0 Å². The molecule has 0 bridgehead atoms. The van der Waals surface area contributed by atoms with Crippen molar-refractivity contribution in [3.05, 3.63) is 0 Å². The highest BCUT2D eigenvalue weighted by Crippen LogP contribution is 1.76. The van der Waals surface area contributed by atoms with Crippen LogP contribution < -0.4 is 11.1 Å². The number of rotatable bonds is 8. The number of likely N-dealkylation sites (N-methyl/N-ethyl adjacent to an activating group) is 1. The summed E-state index contributed by atoms with van der Waals surface area (Å²) in [7, 11) is 1.90. The van der Waals surface area contributed by atoms with Crippen LogP contribution in [0.15, 0.2) is 0 Å². The third-order valence-electron chi connectivity index (χ3n) is 1.13. The van der Waals surface area contributed by atoms with Crippen LogP contribution in [0.5, 0.6) is 0 Å². The predicted octanol–water partition coefficient (Wildman–Crippen LogP) is -0.166. The first kappa shape index (κ1) is 14.4. The van der Waals surface area contributed by atoms with E-state index in [1.807, 2.05) is 7.05 Å². The lowest BCUT2D eigenvalue weighted by atomic mass is 10.6. The minimum absolute atomic E-state index is 0. The molecule has 4 nitrogen and oxygen atoms in total. The van der Waals surface area contributed by atoms with Gasteiger partial charge in [0.15, 0.2) is 0 Å². The molecule has 76 valence electrons. The van der Waals surface area contributed by atoms with Crippen molar-refractivity contribution in [1.82, 2.24) is 5.32 Å². The summed E-state index contributed by atoms with van der Waals surface area (Å²) in [4.78, 5) is 0. The van der Waals surface area contributed by atoms with E-state index >= 15 is 0 Å². The van der Waals surface area contributed by atoms with Gasteiger partial charge in [-0.25, -0.2) is 0 Å². The molecule has 0 aliphatic heterocycles. The number of nitrogens with one attached hydrogen (secondary N) is 1. The first-order valence-electron chi connectivity index (χ1n) is 3.92. The summed E-state index contributed by atoms with van der Waals surface area (Å²) in [5, 5.41) is 2.98. The van der Waals surface area contributed by atoms with Crippen LogP contribution in [0.25, 0.3) is 0 Å². The van der Waals surface area contributed by atoms with Gasteiger partial charge in [-0.2, -0.15) is 0 Å². The highest BCUT2D eigenvalue weighted by Gasteiger charge is 1.87. The standard InChI is InChI=1S/C7H18N2O2.CH4/c1-9-3-5-11-7-6-10-4-2-8;/h9H,2-8H2,1H3;1H4. The normalized spacial score (nSPS) is 9.50. The van der Waals surface area contributed by atoms with Gasteiger partial charge in [0.1, 0.15) is 0 Å². The summed E-state index contributed by atoms with van der Waals surface area (Å²) >= 11 is 0. The van der Waals surface area contributed by atoms with Gasteiger partial charge in [0.25, 0.3) is 0 Å². The highest BCUT2D eigenvalue weighted by atomic mass is 16.5. The maximum atomic E-state index is 5.22. The lowest BCUT2D eigenvalue weighted by Crippen LogP contribution is -2.17. The smallest absolute Gasteiger partial charge is 0.0701 e. The van der Waals surface area contributed by atoms with Crippen LogP contribution >= 0.6 is 0 Å². The zero-order valence-corrected chi connectivity index (χ0v) is 7.14. The van der Waals surface area contributed by atoms with Crippen LogP contribution in [0, 0.1) is 0 Å². The monoisotopic (exact) mass is 178 g/mol. The molecule has 0 atom stereocenters. The Morgan fingerprint density at radius 1 is 1.08 bits per heavy atom. The van der Waals surface area contributed by atoms with Gasteiger partial charge in [0.2, 0.25) is 0 Å². The average Bonchev–Trinajstić information content (AvgIpc) is 2.03. The molecule has 0 saturated heterocycles. The van der Waals surface area contributed by atoms with Crippen molar-refractivity contribution in [2.45, 2.75) is 7.43 Å². The van der Waals surface area contributed by atoms with Crippen LogP contribution in [-0.4, -0.2) is 46.6 Å². The molecular formula is C8H22N2O2. The quantitative estimate of drug-likeness (QED) is 0.507. The molecule has 4 heteroatoms. The molecular weight excluding hydrogens is 156 g/mol. The number of ether oxygens (including phenoxy) is 2. The second kappa shape index (κ2) is 13.4. The summed E-state index contributed by atoms with van der Waals surface area (Å²) < 4.78 is 10.3. The molecule has 0 spiro atoms. The molecule has 0 radical (unpaired) electrons. The van der Waals surface area contributed by atoms with E-state index in [2.05, 4.69) is 5.32 Å². The van der Waals surface area contributed by atoms with Gasteiger partial charge in [-0.15, -0.1) is 0 Å². The van der Waals surface area contributed by atoms with Gasteiger partial charge in [0.05, 0.1) is 26.4 Å². The van der Waals surface area contributed by atoms with Crippen molar-refractivity contribution in [3.8, 4) is 0 Å². The van der Waals surface area contributed by atoms with Gasteiger partial charge in [-0.3, -0.25) is 0 Å². The first-order valence-corrected chi connectivity index (χ1v) is 3.92. The van der Waals surface area contributed by atoms with E-state index in [1.54, 1.807) is 0 Å². The van der Waals surface area contributed by atoms with Gasteiger partial charge in [0, 0.05) is 13.1 Å².